The molecule has 0 saturated heterocycles. The first-order chi connectivity index (χ1) is 14.9. The minimum Gasteiger partial charge on any atom is -0.495 e. The molecule has 162 valence electrons. The first-order valence-corrected chi connectivity index (χ1v) is 11.4. The molecule has 6 nitrogen and oxygen atoms in total. The fraction of sp³-hybridized carbons (Fsp3) is 0.182. The van der Waals surface area contributed by atoms with Crippen LogP contribution in [0.3, 0.4) is 0 Å². The van der Waals surface area contributed by atoms with Crippen molar-refractivity contribution in [3.63, 3.8) is 0 Å². The van der Waals surface area contributed by atoms with E-state index in [0.29, 0.717) is 32.8 Å². The Balaban J connectivity index is 1.61. The number of nitrogens with one attached hydrogen (secondary N) is 2. The lowest BCUT2D eigenvalue weighted by Crippen LogP contribution is -2.22. The van der Waals surface area contributed by atoms with Crippen LogP contribution in [0.15, 0.2) is 58.8 Å². The maximum absolute atomic E-state index is 12.7. The number of halogens is 1. The lowest BCUT2D eigenvalue weighted by atomic mass is 10.2. The van der Waals surface area contributed by atoms with Crippen LogP contribution in [-0.4, -0.2) is 31.3 Å². The Morgan fingerprint density at radius 1 is 1.03 bits per heavy atom. The van der Waals surface area contributed by atoms with Crippen molar-refractivity contribution in [2.45, 2.75) is 17.1 Å². The molecular weight excluding hydrogens is 456 g/mol. The van der Waals surface area contributed by atoms with Crippen molar-refractivity contribution in [2.24, 2.45) is 0 Å². The van der Waals surface area contributed by atoms with Gasteiger partial charge in [0.2, 0.25) is 5.91 Å². The topological polar surface area (TPSA) is 76.7 Å². The summed E-state index contributed by atoms with van der Waals surface area (Å²) in [5, 5.41) is 7.55. The number of amides is 2. The van der Waals surface area contributed by atoms with Crippen molar-refractivity contribution in [1.29, 1.82) is 0 Å². The van der Waals surface area contributed by atoms with Gasteiger partial charge >= 0.3 is 0 Å². The minimum absolute atomic E-state index is 0.143. The Bertz CT molecular complexity index is 1060. The van der Waals surface area contributed by atoms with Gasteiger partial charge in [-0.3, -0.25) is 9.59 Å². The molecule has 1 atom stereocenters. The summed E-state index contributed by atoms with van der Waals surface area (Å²) in [6.45, 7) is 1.81. The molecule has 0 bridgehead atoms. The zero-order chi connectivity index (χ0) is 22.4. The summed E-state index contributed by atoms with van der Waals surface area (Å²) < 4.78 is 10.5. The molecule has 2 amide bonds. The molecule has 0 spiro atoms. The number of anilines is 2. The summed E-state index contributed by atoms with van der Waals surface area (Å²) in [6, 6.07) is 14.2. The lowest BCUT2D eigenvalue weighted by Gasteiger charge is -2.16. The molecule has 1 heterocycles. The predicted octanol–water partition coefficient (Wildman–Crippen LogP) is 5.79. The van der Waals surface area contributed by atoms with Crippen LogP contribution in [0.4, 0.5) is 11.4 Å². The van der Waals surface area contributed by atoms with E-state index in [9.17, 15) is 9.59 Å². The van der Waals surface area contributed by atoms with Crippen LogP contribution in [0.1, 0.15) is 16.6 Å². The molecule has 2 N–H and O–H groups in total. The van der Waals surface area contributed by atoms with E-state index in [2.05, 4.69) is 10.6 Å². The number of thiophene rings is 1. The highest BCUT2D eigenvalue weighted by Crippen LogP contribution is 2.36. The molecule has 0 saturated carbocycles. The molecule has 9 heteroatoms. The van der Waals surface area contributed by atoms with E-state index in [1.807, 2.05) is 42.6 Å². The highest BCUT2D eigenvalue weighted by atomic mass is 35.5. The van der Waals surface area contributed by atoms with Gasteiger partial charge in [-0.1, -0.05) is 17.7 Å². The third kappa shape index (κ3) is 5.94. The molecular formula is C22H21ClN2O4S2. The molecule has 2 aromatic carbocycles. The van der Waals surface area contributed by atoms with Crippen molar-refractivity contribution < 1.29 is 19.1 Å². The van der Waals surface area contributed by atoms with Gasteiger partial charge in [0.05, 0.1) is 35.1 Å². The van der Waals surface area contributed by atoms with E-state index in [-0.39, 0.29) is 17.1 Å². The van der Waals surface area contributed by atoms with Crippen LogP contribution in [0.25, 0.3) is 0 Å². The van der Waals surface area contributed by atoms with Gasteiger partial charge in [0.25, 0.3) is 5.91 Å². The molecule has 3 rings (SSSR count). The number of carbonyl (C=O) groups excluding carboxylic acids is 2. The van der Waals surface area contributed by atoms with Crippen LogP contribution in [0.2, 0.25) is 5.02 Å². The molecule has 0 aliphatic carbocycles. The molecule has 31 heavy (non-hydrogen) atoms. The molecule has 0 radical (unpaired) electrons. The second-order valence-electron chi connectivity index (χ2n) is 6.39. The average molecular weight is 477 g/mol. The van der Waals surface area contributed by atoms with Gasteiger partial charge in [-0.15, -0.1) is 23.1 Å². The zero-order valence-electron chi connectivity index (χ0n) is 17.1. The van der Waals surface area contributed by atoms with Crippen LogP contribution < -0.4 is 20.1 Å². The fourth-order valence-corrected chi connectivity index (χ4v) is 4.39. The van der Waals surface area contributed by atoms with Crippen LogP contribution in [-0.2, 0) is 4.79 Å². The summed E-state index contributed by atoms with van der Waals surface area (Å²) in [5.74, 6) is 0.581. The summed E-state index contributed by atoms with van der Waals surface area (Å²) in [7, 11) is 3.02. The number of methoxy groups -OCH3 is 2. The number of hydrogen-bond acceptors (Lipinski definition) is 6. The fourth-order valence-electron chi connectivity index (χ4n) is 2.67. The largest absolute Gasteiger partial charge is 0.495 e. The summed E-state index contributed by atoms with van der Waals surface area (Å²) in [5.41, 5.74) is 1.16. The summed E-state index contributed by atoms with van der Waals surface area (Å²) in [6.07, 6.45) is 0. The van der Waals surface area contributed by atoms with Crippen molar-refractivity contribution in [1.82, 2.24) is 0 Å². The highest BCUT2D eigenvalue weighted by molar-refractivity contribution is 8.00. The Labute approximate surface area is 193 Å². The number of thioether (sulfide) groups is 1. The third-order valence-electron chi connectivity index (χ3n) is 4.27. The van der Waals surface area contributed by atoms with Crippen LogP contribution >= 0.6 is 34.7 Å². The number of carbonyl (C=O) groups is 2. The second kappa shape index (κ2) is 10.6. The maximum Gasteiger partial charge on any atom is 0.265 e. The summed E-state index contributed by atoms with van der Waals surface area (Å²) in [4.78, 5) is 26.4. The van der Waals surface area contributed by atoms with Gasteiger partial charge in [0.15, 0.2) is 0 Å². The van der Waals surface area contributed by atoms with E-state index in [0.717, 1.165) is 4.90 Å². The van der Waals surface area contributed by atoms with Crippen molar-refractivity contribution >= 4 is 57.9 Å². The third-order valence-corrected chi connectivity index (χ3v) is 6.55. The number of hydrogen-bond donors (Lipinski definition) is 2. The maximum atomic E-state index is 12.7. The van der Waals surface area contributed by atoms with Gasteiger partial charge in [0.1, 0.15) is 11.5 Å². The Hall–Kier alpha value is -2.68. The predicted molar refractivity (Wildman–Crippen MR) is 127 cm³/mol. The van der Waals surface area contributed by atoms with Gasteiger partial charge in [-0.05, 0) is 48.7 Å². The summed E-state index contributed by atoms with van der Waals surface area (Å²) >= 11 is 8.96. The molecule has 1 unspecified atom stereocenters. The molecule has 1 aromatic heterocycles. The average Bonchev–Trinajstić information content (AvgIpc) is 3.30. The van der Waals surface area contributed by atoms with Gasteiger partial charge < -0.3 is 20.1 Å². The smallest absolute Gasteiger partial charge is 0.265 e. The quantitative estimate of drug-likeness (QED) is 0.402. The van der Waals surface area contributed by atoms with Gasteiger partial charge in [-0.2, -0.15) is 0 Å². The highest BCUT2D eigenvalue weighted by Gasteiger charge is 2.18. The van der Waals surface area contributed by atoms with Crippen LogP contribution in [0.5, 0.6) is 11.5 Å². The van der Waals surface area contributed by atoms with Gasteiger partial charge in [-0.25, -0.2) is 0 Å². The van der Waals surface area contributed by atoms with Crippen LogP contribution in [0, 0.1) is 0 Å². The van der Waals surface area contributed by atoms with E-state index in [1.165, 1.54) is 37.3 Å². The normalized spacial score (nSPS) is 11.5. The van der Waals surface area contributed by atoms with E-state index < -0.39 is 0 Å². The molecule has 0 aliphatic rings. The molecule has 3 aromatic rings. The lowest BCUT2D eigenvalue weighted by molar-refractivity contribution is -0.115. The standard InChI is InChI=1S/C22H21ClN2O4S2/c1-13(21(26)25-17-11-16(23)18(28-2)12-19(17)29-3)31-15-8-6-14(7-9-15)24-22(27)20-5-4-10-30-20/h4-13H,1-3H3,(H,24,27)(H,25,26). The first-order valence-electron chi connectivity index (χ1n) is 9.25. The molecule has 0 aliphatic heterocycles. The monoisotopic (exact) mass is 476 g/mol. The van der Waals surface area contributed by atoms with E-state index in [1.54, 1.807) is 18.2 Å². The first kappa shape index (κ1) is 23.0. The van der Waals surface area contributed by atoms with E-state index in [4.69, 9.17) is 21.1 Å². The Morgan fingerprint density at radius 2 is 1.74 bits per heavy atom. The SMILES string of the molecule is COc1cc(OC)c(NC(=O)C(C)Sc2ccc(NC(=O)c3cccs3)cc2)cc1Cl. The van der Waals surface area contributed by atoms with Crippen molar-refractivity contribution in [2.75, 3.05) is 24.9 Å². The Morgan fingerprint density at radius 3 is 2.35 bits per heavy atom. The Kier molecular flexibility index (Phi) is 7.84. The zero-order valence-corrected chi connectivity index (χ0v) is 19.5. The number of rotatable bonds is 8. The van der Waals surface area contributed by atoms with Crippen molar-refractivity contribution in [3.8, 4) is 11.5 Å². The minimum atomic E-state index is -0.378. The number of benzene rings is 2. The van der Waals surface area contributed by atoms with Crippen molar-refractivity contribution in [3.05, 3.63) is 63.8 Å². The second-order valence-corrected chi connectivity index (χ2v) is 9.16. The number of ether oxygens (including phenoxy) is 2. The van der Waals surface area contributed by atoms with E-state index >= 15 is 0 Å². The molecule has 0 fully saturated rings. The van der Waals surface area contributed by atoms with Gasteiger partial charge in [0, 0.05) is 16.6 Å².